The van der Waals surface area contributed by atoms with Crippen LogP contribution in [0.1, 0.15) is 12.8 Å². The van der Waals surface area contributed by atoms with Crippen LogP contribution in [-0.4, -0.2) is 37.7 Å². The van der Waals surface area contributed by atoms with E-state index in [-0.39, 0.29) is 0 Å². The van der Waals surface area contributed by atoms with Crippen LogP contribution in [-0.2, 0) is 0 Å². The van der Waals surface area contributed by atoms with Crippen molar-refractivity contribution in [2.45, 2.75) is 12.8 Å². The minimum atomic E-state index is 0.889. The highest BCUT2D eigenvalue weighted by molar-refractivity contribution is 5.54. The zero-order valence-corrected chi connectivity index (χ0v) is 10.2. The summed E-state index contributed by atoms with van der Waals surface area (Å²) < 4.78 is 0. The number of hydrogen-bond acceptors (Lipinski definition) is 4. The molecule has 1 aromatic rings. The number of aromatic nitrogens is 1. The Morgan fingerprint density at radius 3 is 2.94 bits per heavy atom. The van der Waals surface area contributed by atoms with Crippen LogP contribution < -0.4 is 15.5 Å². The summed E-state index contributed by atoms with van der Waals surface area (Å²) in [5, 5.41) is 6.81. The highest BCUT2D eigenvalue weighted by Crippen LogP contribution is 2.29. The lowest BCUT2D eigenvalue weighted by atomic mass is 10.3. The molecule has 1 saturated carbocycles. The van der Waals surface area contributed by atoms with Crippen molar-refractivity contribution in [3.63, 3.8) is 0 Å². The Hall–Kier alpha value is -1.29. The second-order valence-electron chi connectivity index (χ2n) is 4.96. The van der Waals surface area contributed by atoms with Crippen LogP contribution in [0.15, 0.2) is 18.3 Å². The molecule has 4 nitrogen and oxygen atoms in total. The molecule has 2 N–H and O–H groups in total. The number of nitrogens with one attached hydrogen (secondary N) is 2. The van der Waals surface area contributed by atoms with E-state index >= 15 is 0 Å². The average molecular weight is 232 g/mol. The van der Waals surface area contributed by atoms with E-state index in [1.165, 1.54) is 18.5 Å². The van der Waals surface area contributed by atoms with E-state index in [9.17, 15) is 0 Å². The van der Waals surface area contributed by atoms with Crippen molar-refractivity contribution < 1.29 is 0 Å². The van der Waals surface area contributed by atoms with Crippen molar-refractivity contribution in [1.82, 2.24) is 10.3 Å². The third-order valence-corrected chi connectivity index (χ3v) is 3.49. The van der Waals surface area contributed by atoms with Crippen molar-refractivity contribution in [3.05, 3.63) is 18.3 Å². The molecular weight excluding hydrogens is 212 g/mol. The Morgan fingerprint density at radius 1 is 1.35 bits per heavy atom. The summed E-state index contributed by atoms with van der Waals surface area (Å²) in [7, 11) is 0. The first-order valence-corrected chi connectivity index (χ1v) is 6.57. The van der Waals surface area contributed by atoms with Gasteiger partial charge in [-0.25, -0.2) is 4.98 Å². The van der Waals surface area contributed by atoms with Gasteiger partial charge in [0.2, 0.25) is 0 Å². The molecule has 0 spiro atoms. The molecule has 1 aliphatic heterocycles. The van der Waals surface area contributed by atoms with Gasteiger partial charge in [0.25, 0.3) is 0 Å². The van der Waals surface area contributed by atoms with Crippen LogP contribution in [0.2, 0.25) is 0 Å². The molecule has 1 saturated heterocycles. The molecule has 0 bridgehead atoms. The standard InChI is InChI=1S/C13H20N4/c1-2-11(1)10-16-13-9-12(3-4-15-13)17-7-5-14-6-8-17/h3-4,9,11,14H,1-2,5-8,10H2,(H,15,16). The summed E-state index contributed by atoms with van der Waals surface area (Å²) in [4.78, 5) is 6.80. The van der Waals surface area contributed by atoms with Crippen LogP contribution in [0, 0.1) is 5.92 Å². The van der Waals surface area contributed by atoms with Crippen molar-refractivity contribution in [2.24, 2.45) is 5.92 Å². The summed E-state index contributed by atoms with van der Waals surface area (Å²) in [5.74, 6) is 1.91. The third-order valence-electron chi connectivity index (χ3n) is 3.49. The van der Waals surface area contributed by atoms with E-state index < -0.39 is 0 Å². The molecule has 0 radical (unpaired) electrons. The van der Waals surface area contributed by atoms with Gasteiger partial charge in [0, 0.05) is 50.7 Å². The summed E-state index contributed by atoms with van der Waals surface area (Å²) >= 11 is 0. The SMILES string of the molecule is c1cc(N2CCNCC2)cc(NCC2CC2)n1. The molecule has 1 aromatic heterocycles. The maximum Gasteiger partial charge on any atom is 0.127 e. The predicted octanol–water partition coefficient (Wildman–Crippen LogP) is 1.31. The smallest absolute Gasteiger partial charge is 0.127 e. The fourth-order valence-corrected chi connectivity index (χ4v) is 2.21. The number of hydrogen-bond donors (Lipinski definition) is 2. The molecule has 0 unspecified atom stereocenters. The van der Waals surface area contributed by atoms with Gasteiger partial charge in [0.05, 0.1) is 0 Å². The third kappa shape index (κ3) is 2.88. The lowest BCUT2D eigenvalue weighted by Crippen LogP contribution is -2.43. The Labute approximate surface area is 102 Å². The Kier molecular flexibility index (Phi) is 3.14. The van der Waals surface area contributed by atoms with Crippen LogP contribution in [0.3, 0.4) is 0 Å². The largest absolute Gasteiger partial charge is 0.370 e. The first-order chi connectivity index (χ1) is 8.42. The highest BCUT2D eigenvalue weighted by atomic mass is 15.2. The summed E-state index contributed by atoms with van der Waals surface area (Å²) in [6.07, 6.45) is 4.67. The van der Waals surface area contributed by atoms with Gasteiger partial charge in [0.1, 0.15) is 5.82 Å². The van der Waals surface area contributed by atoms with Gasteiger partial charge in [-0.15, -0.1) is 0 Å². The van der Waals surface area contributed by atoms with Crippen molar-refractivity contribution in [1.29, 1.82) is 0 Å². The minimum absolute atomic E-state index is 0.889. The normalized spacial score (nSPS) is 20.4. The van der Waals surface area contributed by atoms with Crippen molar-refractivity contribution >= 4 is 11.5 Å². The first kappa shape index (κ1) is 10.8. The van der Waals surface area contributed by atoms with Crippen molar-refractivity contribution in [2.75, 3.05) is 42.9 Å². The number of nitrogens with zero attached hydrogens (tertiary/aromatic N) is 2. The maximum absolute atomic E-state index is 4.38. The highest BCUT2D eigenvalue weighted by Gasteiger charge is 2.20. The summed E-state index contributed by atoms with van der Waals surface area (Å²) in [6.45, 7) is 5.41. The number of pyridine rings is 1. The molecular formula is C13H20N4. The molecule has 1 aliphatic carbocycles. The first-order valence-electron chi connectivity index (χ1n) is 6.57. The molecule has 4 heteroatoms. The quantitative estimate of drug-likeness (QED) is 0.821. The molecule has 0 atom stereocenters. The van der Waals surface area contributed by atoms with Crippen LogP contribution in [0.5, 0.6) is 0 Å². The Balaban J connectivity index is 1.64. The molecule has 3 rings (SSSR count). The lowest BCUT2D eigenvalue weighted by Gasteiger charge is -2.29. The summed E-state index contributed by atoms with van der Waals surface area (Å²) in [6, 6.07) is 4.28. The van der Waals surface area contributed by atoms with E-state index in [4.69, 9.17) is 0 Å². The molecule has 2 heterocycles. The fourth-order valence-electron chi connectivity index (χ4n) is 2.21. The van der Waals surface area contributed by atoms with E-state index in [0.717, 1.165) is 44.5 Å². The number of rotatable bonds is 4. The van der Waals surface area contributed by atoms with Crippen LogP contribution in [0.25, 0.3) is 0 Å². The summed E-state index contributed by atoms with van der Waals surface area (Å²) in [5.41, 5.74) is 1.29. The van der Waals surface area contributed by atoms with Crippen molar-refractivity contribution in [3.8, 4) is 0 Å². The maximum atomic E-state index is 4.38. The van der Waals surface area contributed by atoms with Gasteiger partial charge in [-0.3, -0.25) is 0 Å². The van der Waals surface area contributed by atoms with Crippen LogP contribution in [0.4, 0.5) is 11.5 Å². The van der Waals surface area contributed by atoms with Gasteiger partial charge in [0.15, 0.2) is 0 Å². The number of anilines is 2. The minimum Gasteiger partial charge on any atom is -0.370 e. The molecule has 17 heavy (non-hydrogen) atoms. The molecule has 2 fully saturated rings. The second kappa shape index (κ2) is 4.92. The fraction of sp³-hybridized carbons (Fsp3) is 0.615. The van der Waals surface area contributed by atoms with Gasteiger partial charge in [-0.2, -0.15) is 0 Å². The Morgan fingerprint density at radius 2 is 2.18 bits per heavy atom. The zero-order valence-electron chi connectivity index (χ0n) is 10.2. The average Bonchev–Trinajstić information content (AvgIpc) is 3.22. The van der Waals surface area contributed by atoms with Gasteiger partial charge >= 0.3 is 0 Å². The monoisotopic (exact) mass is 232 g/mol. The lowest BCUT2D eigenvalue weighted by molar-refractivity contribution is 0.589. The van der Waals surface area contributed by atoms with E-state index in [1.54, 1.807) is 0 Å². The number of piperazine rings is 1. The predicted molar refractivity (Wildman–Crippen MR) is 70.5 cm³/mol. The van der Waals surface area contributed by atoms with E-state index in [1.807, 2.05) is 6.20 Å². The van der Waals surface area contributed by atoms with Gasteiger partial charge < -0.3 is 15.5 Å². The zero-order chi connectivity index (χ0) is 11.5. The van der Waals surface area contributed by atoms with Gasteiger partial charge in [-0.05, 0) is 24.8 Å². The molecule has 0 aromatic carbocycles. The second-order valence-corrected chi connectivity index (χ2v) is 4.96. The molecule has 2 aliphatic rings. The molecule has 92 valence electrons. The molecule has 0 amide bonds. The van der Waals surface area contributed by atoms with Crippen LogP contribution >= 0.6 is 0 Å². The topological polar surface area (TPSA) is 40.2 Å². The van der Waals surface area contributed by atoms with E-state index in [2.05, 4.69) is 32.7 Å². The Bertz CT molecular complexity index is 369. The van der Waals surface area contributed by atoms with Gasteiger partial charge in [-0.1, -0.05) is 0 Å². The van der Waals surface area contributed by atoms with E-state index in [0.29, 0.717) is 0 Å².